The fourth-order valence-electron chi connectivity index (χ4n) is 4.18. The van der Waals surface area contributed by atoms with Gasteiger partial charge in [-0.2, -0.15) is 0 Å². The van der Waals surface area contributed by atoms with Crippen LogP contribution >= 0.6 is 15.9 Å². The van der Waals surface area contributed by atoms with Crippen molar-refractivity contribution in [3.63, 3.8) is 0 Å². The smallest absolute Gasteiger partial charge is 0.235 e. The molecule has 124 valence electrons. The fourth-order valence-corrected chi connectivity index (χ4v) is 4.80. The van der Waals surface area contributed by atoms with E-state index < -0.39 is 11.5 Å². The van der Waals surface area contributed by atoms with Crippen LogP contribution in [0.4, 0.5) is 0 Å². The van der Waals surface area contributed by atoms with Crippen LogP contribution in [0.15, 0.2) is 16.6 Å². The molecule has 2 fully saturated rings. The molecule has 1 aromatic carbocycles. The number of benzene rings is 1. The van der Waals surface area contributed by atoms with E-state index in [9.17, 15) is 9.59 Å². The molecule has 23 heavy (non-hydrogen) atoms. The Kier molecular flexibility index (Phi) is 4.39. The summed E-state index contributed by atoms with van der Waals surface area (Å²) in [5, 5.41) is 3.08. The van der Waals surface area contributed by atoms with Crippen molar-refractivity contribution >= 4 is 27.6 Å². The molecular formula is C19H24BrNO2. The Balaban J connectivity index is 2.02. The van der Waals surface area contributed by atoms with E-state index in [4.69, 9.17) is 0 Å². The van der Waals surface area contributed by atoms with Crippen molar-refractivity contribution in [1.29, 1.82) is 0 Å². The second-order valence-corrected chi connectivity index (χ2v) is 8.12. The lowest BCUT2D eigenvalue weighted by Gasteiger charge is -2.34. The summed E-state index contributed by atoms with van der Waals surface area (Å²) in [4.78, 5) is 25.9. The molecule has 1 aromatic rings. The molecule has 4 heteroatoms. The molecule has 1 saturated carbocycles. The molecule has 0 bridgehead atoms. The van der Waals surface area contributed by atoms with Crippen molar-refractivity contribution in [2.75, 3.05) is 0 Å². The monoisotopic (exact) mass is 377 g/mol. The molecule has 1 atom stereocenters. The van der Waals surface area contributed by atoms with Crippen molar-refractivity contribution in [1.82, 2.24) is 5.32 Å². The summed E-state index contributed by atoms with van der Waals surface area (Å²) in [6.07, 6.45) is 4.41. The van der Waals surface area contributed by atoms with Crippen LogP contribution in [-0.2, 0) is 16.0 Å². The van der Waals surface area contributed by atoms with Gasteiger partial charge in [0.1, 0.15) is 5.92 Å². The zero-order valence-electron chi connectivity index (χ0n) is 14.0. The largest absolute Gasteiger partial charge is 0.343 e. The second kappa shape index (κ2) is 6.04. The van der Waals surface area contributed by atoms with Crippen LogP contribution in [-0.4, -0.2) is 17.2 Å². The van der Waals surface area contributed by atoms with Gasteiger partial charge in [0, 0.05) is 4.47 Å². The Morgan fingerprint density at radius 2 is 1.91 bits per heavy atom. The predicted octanol–water partition coefficient (Wildman–Crippen LogP) is 4.05. The number of carbonyl (C=O) groups is 2. The number of hydrogen-bond donors (Lipinski definition) is 1. The van der Waals surface area contributed by atoms with Crippen molar-refractivity contribution in [3.8, 4) is 0 Å². The minimum atomic E-state index is -0.633. The van der Waals surface area contributed by atoms with Crippen molar-refractivity contribution < 1.29 is 9.59 Å². The molecule has 3 rings (SSSR count). The summed E-state index contributed by atoms with van der Waals surface area (Å²) >= 11 is 3.52. The predicted molar refractivity (Wildman–Crippen MR) is 94.5 cm³/mol. The van der Waals surface area contributed by atoms with Gasteiger partial charge >= 0.3 is 0 Å². The van der Waals surface area contributed by atoms with Crippen LogP contribution in [0.1, 0.15) is 62.1 Å². The van der Waals surface area contributed by atoms with Gasteiger partial charge in [0.2, 0.25) is 5.91 Å². The fraction of sp³-hybridized carbons (Fsp3) is 0.579. The molecule has 1 N–H and O–H groups in total. The number of carbonyl (C=O) groups excluding carboxylic acids is 2. The zero-order valence-corrected chi connectivity index (χ0v) is 15.6. The maximum Gasteiger partial charge on any atom is 0.235 e. The molecule has 1 spiro atoms. The molecule has 1 amide bonds. The van der Waals surface area contributed by atoms with Crippen LogP contribution < -0.4 is 5.32 Å². The van der Waals surface area contributed by atoms with Gasteiger partial charge in [0.25, 0.3) is 0 Å². The summed E-state index contributed by atoms with van der Waals surface area (Å²) in [5.41, 5.74) is 2.42. The number of amides is 1. The third-order valence-electron chi connectivity index (χ3n) is 5.59. The van der Waals surface area contributed by atoms with Gasteiger partial charge in [-0.05, 0) is 73.8 Å². The topological polar surface area (TPSA) is 46.2 Å². The summed E-state index contributed by atoms with van der Waals surface area (Å²) in [6.45, 7) is 6.29. The van der Waals surface area contributed by atoms with Crippen molar-refractivity contribution in [3.05, 3.63) is 33.3 Å². The Labute approximate surface area is 146 Å². The van der Waals surface area contributed by atoms with Crippen LogP contribution in [0, 0.1) is 12.8 Å². The first kappa shape index (κ1) is 16.7. The molecule has 1 aliphatic carbocycles. The summed E-state index contributed by atoms with van der Waals surface area (Å²) in [6, 6.07) is 4.04. The molecule has 0 aromatic heterocycles. The molecule has 2 aliphatic rings. The lowest BCUT2D eigenvalue weighted by Crippen LogP contribution is -2.49. The molecule has 1 saturated heterocycles. The van der Waals surface area contributed by atoms with Crippen molar-refractivity contribution in [2.45, 2.75) is 64.3 Å². The van der Waals surface area contributed by atoms with Gasteiger partial charge in [-0.15, -0.1) is 0 Å². The van der Waals surface area contributed by atoms with Crippen LogP contribution in [0.25, 0.3) is 0 Å². The average Bonchev–Trinajstić information content (AvgIpc) is 2.73. The lowest BCUT2D eigenvalue weighted by molar-refractivity contribution is -0.126. The summed E-state index contributed by atoms with van der Waals surface area (Å²) in [7, 11) is 0. The Hall–Kier alpha value is -1.16. The highest BCUT2D eigenvalue weighted by Crippen LogP contribution is 2.42. The van der Waals surface area contributed by atoms with E-state index in [1.165, 1.54) is 0 Å². The van der Waals surface area contributed by atoms with E-state index in [0.717, 1.165) is 53.3 Å². The minimum Gasteiger partial charge on any atom is -0.343 e. The van der Waals surface area contributed by atoms with Gasteiger partial charge in [-0.3, -0.25) is 9.59 Å². The van der Waals surface area contributed by atoms with Crippen LogP contribution in [0.2, 0.25) is 0 Å². The maximum atomic E-state index is 13.2. The standard InChI is InChI=1S/C19H24BrNO2/c1-4-13-10-14(20)9-12(3)15(13)16-17(22)19(21-18(16)23)7-5-11(2)6-8-19/h9-11,16H,4-8H2,1-3H3,(H,21,23). The Bertz CT molecular complexity index is 660. The normalized spacial score (nSPS) is 30.8. The first-order valence-corrected chi connectivity index (χ1v) is 9.32. The molecule has 1 aliphatic heterocycles. The van der Waals surface area contributed by atoms with E-state index >= 15 is 0 Å². The highest BCUT2D eigenvalue weighted by Gasteiger charge is 2.54. The molecular weight excluding hydrogens is 354 g/mol. The number of Topliss-reactive ketones (excluding diaryl/α,β-unsaturated/α-hetero) is 1. The Morgan fingerprint density at radius 1 is 1.26 bits per heavy atom. The van der Waals surface area contributed by atoms with Gasteiger partial charge < -0.3 is 5.32 Å². The number of hydrogen-bond acceptors (Lipinski definition) is 2. The average molecular weight is 378 g/mol. The van der Waals surface area contributed by atoms with E-state index in [-0.39, 0.29) is 11.7 Å². The zero-order chi connectivity index (χ0) is 16.8. The van der Waals surface area contributed by atoms with Crippen LogP contribution in [0.5, 0.6) is 0 Å². The third-order valence-corrected chi connectivity index (χ3v) is 6.05. The van der Waals surface area contributed by atoms with E-state index in [1.54, 1.807) is 0 Å². The highest BCUT2D eigenvalue weighted by atomic mass is 79.9. The van der Waals surface area contributed by atoms with E-state index in [1.807, 2.05) is 19.1 Å². The van der Waals surface area contributed by atoms with Crippen LogP contribution in [0.3, 0.4) is 0 Å². The SMILES string of the molecule is CCc1cc(Br)cc(C)c1C1C(=O)NC2(CCC(C)CC2)C1=O. The van der Waals surface area contributed by atoms with Gasteiger partial charge in [-0.1, -0.05) is 29.8 Å². The number of ketones is 1. The third kappa shape index (κ3) is 2.75. The minimum absolute atomic E-state index is 0.0922. The number of halogens is 1. The van der Waals surface area contributed by atoms with Gasteiger partial charge in [0.15, 0.2) is 5.78 Å². The summed E-state index contributed by atoms with van der Waals surface area (Å²) in [5.74, 6) is -0.00403. The van der Waals surface area contributed by atoms with Gasteiger partial charge in [-0.25, -0.2) is 0 Å². The molecule has 3 nitrogen and oxygen atoms in total. The van der Waals surface area contributed by atoms with Gasteiger partial charge in [0.05, 0.1) is 5.54 Å². The Morgan fingerprint density at radius 3 is 2.52 bits per heavy atom. The molecule has 1 heterocycles. The summed E-state index contributed by atoms with van der Waals surface area (Å²) < 4.78 is 1.00. The second-order valence-electron chi connectivity index (χ2n) is 7.20. The quantitative estimate of drug-likeness (QED) is 0.790. The first-order chi connectivity index (χ1) is 10.9. The molecule has 1 unspecified atom stereocenters. The van der Waals surface area contributed by atoms with E-state index in [0.29, 0.717) is 5.92 Å². The van der Waals surface area contributed by atoms with E-state index in [2.05, 4.69) is 35.1 Å². The molecule has 0 radical (unpaired) electrons. The number of aryl methyl sites for hydroxylation is 2. The number of nitrogens with one attached hydrogen (secondary N) is 1. The highest BCUT2D eigenvalue weighted by molar-refractivity contribution is 9.10. The first-order valence-electron chi connectivity index (χ1n) is 8.53. The lowest BCUT2D eigenvalue weighted by atomic mass is 9.73. The number of rotatable bonds is 2. The van der Waals surface area contributed by atoms with Crippen molar-refractivity contribution in [2.24, 2.45) is 5.92 Å². The maximum absolute atomic E-state index is 13.2.